The van der Waals surface area contributed by atoms with Gasteiger partial charge in [0, 0.05) is 11.6 Å². The van der Waals surface area contributed by atoms with Crippen LogP contribution in [0.1, 0.15) is 56.2 Å². The lowest BCUT2D eigenvalue weighted by Gasteiger charge is -2.59. The first-order valence-corrected chi connectivity index (χ1v) is 11.9. The van der Waals surface area contributed by atoms with Crippen LogP contribution in [-0.2, 0) is 0 Å². The molecular formula is C25H29ClN6. The average Bonchev–Trinajstić information content (AvgIpc) is 2.78. The van der Waals surface area contributed by atoms with E-state index in [4.69, 9.17) is 17.0 Å². The van der Waals surface area contributed by atoms with Gasteiger partial charge in [0.1, 0.15) is 17.5 Å². The number of aromatic nitrogens is 2. The van der Waals surface area contributed by atoms with E-state index in [1.54, 1.807) is 12.4 Å². The van der Waals surface area contributed by atoms with Crippen LogP contribution in [0.2, 0.25) is 5.02 Å². The molecule has 7 heteroatoms. The van der Waals surface area contributed by atoms with Crippen LogP contribution in [0.15, 0.2) is 30.5 Å². The van der Waals surface area contributed by atoms with Gasteiger partial charge in [0.15, 0.2) is 0 Å². The Labute approximate surface area is 194 Å². The first-order chi connectivity index (χ1) is 15.5. The molecule has 4 fully saturated rings. The Morgan fingerprint density at radius 3 is 2.72 bits per heavy atom. The van der Waals surface area contributed by atoms with Crippen molar-refractivity contribution in [1.82, 2.24) is 9.97 Å². The Bertz CT molecular complexity index is 1050. The molecule has 6 atom stereocenters. The van der Waals surface area contributed by atoms with E-state index in [0.29, 0.717) is 40.1 Å². The van der Waals surface area contributed by atoms with Gasteiger partial charge in [-0.25, -0.2) is 4.98 Å². The van der Waals surface area contributed by atoms with Crippen LogP contribution >= 0.6 is 11.6 Å². The van der Waals surface area contributed by atoms with E-state index < -0.39 is 0 Å². The summed E-state index contributed by atoms with van der Waals surface area (Å²) >= 11 is 6.33. The van der Waals surface area contributed by atoms with Gasteiger partial charge in [-0.2, -0.15) is 10.2 Å². The van der Waals surface area contributed by atoms with Gasteiger partial charge in [0.05, 0.1) is 12.2 Å². The van der Waals surface area contributed by atoms with Crippen molar-refractivity contribution < 1.29 is 0 Å². The minimum Gasteiger partial charge on any atom is -0.368 e. The van der Waals surface area contributed by atoms with Gasteiger partial charge in [-0.1, -0.05) is 29.8 Å². The molecule has 0 amide bonds. The zero-order chi connectivity index (χ0) is 22.3. The molecule has 4 bridgehead atoms. The van der Waals surface area contributed by atoms with E-state index in [2.05, 4.69) is 26.7 Å². The van der Waals surface area contributed by atoms with E-state index in [0.717, 1.165) is 18.0 Å². The summed E-state index contributed by atoms with van der Waals surface area (Å²) in [5.41, 5.74) is 1.69. The molecule has 0 spiro atoms. The third kappa shape index (κ3) is 3.84. The summed E-state index contributed by atoms with van der Waals surface area (Å²) in [5, 5.41) is 25.0. The standard InChI is InChI=1S/C25H29ClN6/c1-15(20-4-2-3-5-22(20)26)31-24-29-13-19(11-27)23(32-24)30-14-25-8-16-6-17(9-25)21(12-28)18(7-16)10-25/h2-5,12-13,15-18,21,28H,6-10,14H2,1H3,(H2,29,30,31,32)/t15?,16?,17-,18+,21?,25?. The number of halogens is 1. The molecule has 32 heavy (non-hydrogen) atoms. The number of nitriles is 1. The van der Waals surface area contributed by atoms with Crippen molar-refractivity contribution in [3.63, 3.8) is 0 Å². The fraction of sp³-hybridized carbons (Fsp3) is 0.520. The lowest BCUT2D eigenvalue weighted by Crippen LogP contribution is -2.53. The Hall–Kier alpha value is -2.65. The second-order valence-electron chi connectivity index (χ2n) is 10.0. The fourth-order valence-corrected chi connectivity index (χ4v) is 7.06. The monoisotopic (exact) mass is 448 g/mol. The van der Waals surface area contributed by atoms with Gasteiger partial charge in [0.2, 0.25) is 5.95 Å². The normalized spacial score (nSPS) is 31.0. The zero-order valence-corrected chi connectivity index (χ0v) is 19.1. The van der Waals surface area contributed by atoms with Crippen LogP contribution in [0.3, 0.4) is 0 Å². The van der Waals surface area contributed by atoms with Crippen LogP contribution in [0.4, 0.5) is 11.8 Å². The second-order valence-corrected chi connectivity index (χ2v) is 10.4. The molecule has 4 saturated carbocycles. The predicted octanol–water partition coefficient (Wildman–Crippen LogP) is 5.68. The minimum absolute atomic E-state index is 0.0642. The molecule has 6 rings (SSSR count). The number of anilines is 2. The highest BCUT2D eigenvalue weighted by molar-refractivity contribution is 6.31. The highest BCUT2D eigenvalue weighted by Crippen LogP contribution is 2.61. The first kappa shape index (κ1) is 21.2. The summed E-state index contributed by atoms with van der Waals surface area (Å²) in [6.45, 7) is 2.84. The van der Waals surface area contributed by atoms with Gasteiger partial charge < -0.3 is 16.0 Å². The van der Waals surface area contributed by atoms with Crippen LogP contribution in [0.5, 0.6) is 0 Å². The predicted molar refractivity (Wildman–Crippen MR) is 127 cm³/mol. The second kappa shape index (κ2) is 8.37. The van der Waals surface area contributed by atoms with Gasteiger partial charge in [0.25, 0.3) is 0 Å². The maximum absolute atomic E-state index is 9.60. The molecule has 3 N–H and O–H groups in total. The topological polar surface area (TPSA) is 97.5 Å². The maximum Gasteiger partial charge on any atom is 0.225 e. The molecule has 1 heterocycles. The SMILES string of the molecule is CC(Nc1ncc(C#N)c(NCC23CC4C[C@H](C2)C(C=N)[C@@H](C4)C3)n1)c1ccccc1Cl. The van der Waals surface area contributed by atoms with E-state index >= 15 is 0 Å². The quantitative estimate of drug-likeness (QED) is 0.473. The average molecular weight is 449 g/mol. The Morgan fingerprint density at radius 2 is 2.03 bits per heavy atom. The molecule has 4 aliphatic rings. The van der Waals surface area contributed by atoms with Crippen molar-refractivity contribution >= 4 is 29.6 Å². The molecule has 0 aliphatic heterocycles. The van der Waals surface area contributed by atoms with Crippen molar-refractivity contribution in [2.75, 3.05) is 17.2 Å². The number of hydrogen-bond acceptors (Lipinski definition) is 6. The largest absolute Gasteiger partial charge is 0.368 e. The van der Waals surface area contributed by atoms with E-state index in [1.165, 1.54) is 32.1 Å². The molecule has 6 nitrogen and oxygen atoms in total. The van der Waals surface area contributed by atoms with Crippen molar-refractivity contribution in [2.45, 2.75) is 45.1 Å². The van der Waals surface area contributed by atoms with Gasteiger partial charge >= 0.3 is 0 Å². The molecule has 166 valence electrons. The summed E-state index contributed by atoms with van der Waals surface area (Å²) in [7, 11) is 0. The van der Waals surface area contributed by atoms with Crippen LogP contribution in [0.25, 0.3) is 0 Å². The van der Waals surface area contributed by atoms with Gasteiger partial charge in [-0.15, -0.1) is 0 Å². The van der Waals surface area contributed by atoms with E-state index in [-0.39, 0.29) is 11.5 Å². The fourth-order valence-electron chi connectivity index (χ4n) is 6.76. The van der Waals surface area contributed by atoms with Crippen molar-refractivity contribution in [3.8, 4) is 6.07 Å². The third-order valence-corrected chi connectivity index (χ3v) is 8.27. The molecule has 4 unspecified atom stereocenters. The van der Waals surface area contributed by atoms with Gasteiger partial charge in [-0.05, 0) is 86.0 Å². The smallest absolute Gasteiger partial charge is 0.225 e. The van der Waals surface area contributed by atoms with Crippen LogP contribution < -0.4 is 10.6 Å². The summed E-state index contributed by atoms with van der Waals surface area (Å²) in [6.07, 6.45) is 9.46. The maximum atomic E-state index is 9.60. The highest BCUT2D eigenvalue weighted by atomic mass is 35.5. The Morgan fingerprint density at radius 1 is 1.28 bits per heavy atom. The minimum atomic E-state index is -0.0642. The molecule has 0 saturated heterocycles. The number of benzene rings is 1. The number of nitrogens with zero attached hydrogens (tertiary/aromatic N) is 3. The first-order valence-electron chi connectivity index (χ1n) is 11.5. The third-order valence-electron chi connectivity index (χ3n) is 7.92. The number of rotatable bonds is 7. The Balaban J connectivity index is 1.32. The lowest BCUT2D eigenvalue weighted by molar-refractivity contribution is -0.0653. The van der Waals surface area contributed by atoms with E-state index in [9.17, 15) is 5.26 Å². The number of nitrogens with one attached hydrogen (secondary N) is 3. The zero-order valence-electron chi connectivity index (χ0n) is 18.3. The molecule has 0 radical (unpaired) electrons. The molecule has 2 aromatic rings. The summed E-state index contributed by atoms with van der Waals surface area (Å²) in [6, 6.07) is 9.89. The molecular weight excluding hydrogens is 420 g/mol. The molecule has 1 aromatic heterocycles. The summed E-state index contributed by atoms with van der Waals surface area (Å²) in [4.78, 5) is 9.00. The van der Waals surface area contributed by atoms with Crippen molar-refractivity contribution in [2.24, 2.45) is 29.1 Å². The molecule has 4 aliphatic carbocycles. The highest BCUT2D eigenvalue weighted by Gasteiger charge is 2.54. The summed E-state index contributed by atoms with van der Waals surface area (Å²) in [5.74, 6) is 3.63. The van der Waals surface area contributed by atoms with Crippen molar-refractivity contribution in [1.29, 1.82) is 10.7 Å². The van der Waals surface area contributed by atoms with Gasteiger partial charge in [-0.3, -0.25) is 0 Å². The number of hydrogen-bond donors (Lipinski definition) is 3. The molecule has 1 aromatic carbocycles. The van der Waals surface area contributed by atoms with Crippen LogP contribution in [0, 0.1) is 45.8 Å². The van der Waals surface area contributed by atoms with E-state index in [1.807, 2.05) is 31.2 Å². The Kier molecular flexibility index (Phi) is 5.54. The lowest BCUT2D eigenvalue weighted by atomic mass is 9.46. The van der Waals surface area contributed by atoms with Crippen molar-refractivity contribution in [3.05, 3.63) is 46.6 Å². The van der Waals surface area contributed by atoms with Crippen LogP contribution in [-0.4, -0.2) is 22.7 Å². The summed E-state index contributed by atoms with van der Waals surface area (Å²) < 4.78 is 0.